The third-order valence-electron chi connectivity index (χ3n) is 4.01. The quantitative estimate of drug-likeness (QED) is 0.822. The minimum atomic E-state index is -3.73. The van der Waals surface area contributed by atoms with Gasteiger partial charge in [0, 0.05) is 17.8 Å². The number of sulfonamides is 1. The predicted octanol–water partition coefficient (Wildman–Crippen LogP) is 1.34. The fourth-order valence-electron chi connectivity index (χ4n) is 2.52. The van der Waals surface area contributed by atoms with E-state index in [4.69, 9.17) is 5.73 Å². The molecule has 0 spiro atoms. The first-order valence-corrected chi connectivity index (χ1v) is 8.52. The number of nitrogens with one attached hydrogen (secondary N) is 1. The molecule has 0 radical (unpaired) electrons. The molecule has 3 N–H and O–H groups in total. The van der Waals surface area contributed by atoms with Gasteiger partial charge in [0.25, 0.3) is 0 Å². The van der Waals surface area contributed by atoms with Gasteiger partial charge in [-0.2, -0.15) is 0 Å². The highest BCUT2D eigenvalue weighted by atomic mass is 32.2. The maximum absolute atomic E-state index is 13.6. The van der Waals surface area contributed by atoms with Gasteiger partial charge >= 0.3 is 0 Å². The Morgan fingerprint density at radius 2 is 2.00 bits per heavy atom. The number of halogens is 1. The van der Waals surface area contributed by atoms with Gasteiger partial charge in [0.2, 0.25) is 10.0 Å². The van der Waals surface area contributed by atoms with E-state index in [9.17, 15) is 12.8 Å². The van der Waals surface area contributed by atoms with E-state index < -0.39 is 15.8 Å². The Morgan fingerprint density at radius 1 is 1.38 bits per heavy atom. The molecule has 0 atom stereocenters. The summed E-state index contributed by atoms with van der Waals surface area (Å²) in [4.78, 5) is 2.15. The number of piperidine rings is 1. The van der Waals surface area contributed by atoms with Crippen molar-refractivity contribution in [2.24, 2.45) is 5.92 Å². The van der Waals surface area contributed by atoms with E-state index >= 15 is 0 Å². The van der Waals surface area contributed by atoms with E-state index in [1.807, 2.05) is 0 Å². The van der Waals surface area contributed by atoms with Crippen LogP contribution < -0.4 is 10.5 Å². The van der Waals surface area contributed by atoms with Crippen molar-refractivity contribution in [3.63, 3.8) is 0 Å². The van der Waals surface area contributed by atoms with Crippen LogP contribution in [0, 0.1) is 18.7 Å². The van der Waals surface area contributed by atoms with Gasteiger partial charge in [0.15, 0.2) is 0 Å². The Labute approximate surface area is 125 Å². The fourth-order valence-corrected chi connectivity index (χ4v) is 3.93. The number of benzene rings is 1. The van der Waals surface area contributed by atoms with Crippen molar-refractivity contribution in [2.45, 2.75) is 24.7 Å². The van der Waals surface area contributed by atoms with Gasteiger partial charge in [-0.25, -0.2) is 17.5 Å². The lowest BCUT2D eigenvalue weighted by Gasteiger charge is -2.28. The van der Waals surface area contributed by atoms with Crippen LogP contribution in [0.2, 0.25) is 0 Å². The molecule has 2 rings (SSSR count). The SMILES string of the molecule is Cc1c(F)cc(N)cc1S(=O)(=O)NCC1CCN(C)CC1. The van der Waals surface area contributed by atoms with Crippen molar-refractivity contribution >= 4 is 15.7 Å². The number of hydrogen-bond acceptors (Lipinski definition) is 4. The summed E-state index contributed by atoms with van der Waals surface area (Å²) in [5.41, 5.74) is 5.75. The molecule has 0 unspecified atom stereocenters. The number of anilines is 1. The molecule has 0 saturated carbocycles. The van der Waals surface area contributed by atoms with E-state index in [1.165, 1.54) is 13.0 Å². The summed E-state index contributed by atoms with van der Waals surface area (Å²) in [7, 11) is -1.68. The fraction of sp³-hybridized carbons (Fsp3) is 0.571. The van der Waals surface area contributed by atoms with Gasteiger partial charge < -0.3 is 10.6 Å². The van der Waals surface area contributed by atoms with Crippen molar-refractivity contribution in [1.29, 1.82) is 0 Å². The number of nitrogens with two attached hydrogens (primary N) is 1. The molecule has 1 aromatic carbocycles. The maximum atomic E-state index is 13.6. The molecule has 0 amide bonds. The Morgan fingerprint density at radius 3 is 2.62 bits per heavy atom. The monoisotopic (exact) mass is 315 g/mol. The molecule has 5 nitrogen and oxygen atoms in total. The van der Waals surface area contributed by atoms with Crippen LogP contribution in [0.25, 0.3) is 0 Å². The second-order valence-electron chi connectivity index (χ2n) is 5.72. The maximum Gasteiger partial charge on any atom is 0.241 e. The van der Waals surface area contributed by atoms with Gasteiger partial charge in [-0.05, 0) is 58.0 Å². The highest BCUT2D eigenvalue weighted by Crippen LogP contribution is 2.22. The van der Waals surface area contributed by atoms with Crippen molar-refractivity contribution in [3.05, 3.63) is 23.5 Å². The molecular weight excluding hydrogens is 293 g/mol. The van der Waals surface area contributed by atoms with Crippen LogP contribution in [-0.2, 0) is 10.0 Å². The lowest BCUT2D eigenvalue weighted by Crippen LogP contribution is -2.37. The number of nitrogens with zero attached hydrogens (tertiary/aromatic N) is 1. The zero-order valence-corrected chi connectivity index (χ0v) is 13.2. The van der Waals surface area contributed by atoms with Crippen molar-refractivity contribution in [3.8, 4) is 0 Å². The van der Waals surface area contributed by atoms with Crippen LogP contribution in [0.15, 0.2) is 17.0 Å². The number of hydrogen-bond donors (Lipinski definition) is 2. The highest BCUT2D eigenvalue weighted by molar-refractivity contribution is 7.89. The van der Waals surface area contributed by atoms with Crippen LogP contribution in [0.3, 0.4) is 0 Å². The second-order valence-corrected chi connectivity index (χ2v) is 7.46. The van der Waals surface area contributed by atoms with Gasteiger partial charge in [-0.15, -0.1) is 0 Å². The molecule has 118 valence electrons. The predicted molar refractivity (Wildman–Crippen MR) is 81.0 cm³/mol. The third kappa shape index (κ3) is 3.93. The number of nitrogen functional groups attached to an aromatic ring is 1. The zero-order valence-electron chi connectivity index (χ0n) is 12.4. The summed E-state index contributed by atoms with van der Waals surface area (Å²) in [6, 6.07) is 2.43. The Balaban J connectivity index is 2.09. The summed E-state index contributed by atoms with van der Waals surface area (Å²) in [6.07, 6.45) is 1.92. The van der Waals surface area contributed by atoms with Crippen LogP contribution in [-0.4, -0.2) is 40.0 Å². The first kappa shape index (κ1) is 16.2. The first-order chi connectivity index (χ1) is 9.79. The lowest BCUT2D eigenvalue weighted by molar-refractivity contribution is 0.220. The van der Waals surface area contributed by atoms with E-state index in [0.29, 0.717) is 12.5 Å². The molecule has 1 aliphatic heterocycles. The smallest absolute Gasteiger partial charge is 0.241 e. The Bertz CT molecular complexity index is 611. The lowest BCUT2D eigenvalue weighted by atomic mass is 9.98. The summed E-state index contributed by atoms with van der Waals surface area (Å²) >= 11 is 0. The van der Waals surface area contributed by atoms with Crippen molar-refractivity contribution in [1.82, 2.24) is 9.62 Å². The molecule has 0 aromatic heterocycles. The molecule has 1 saturated heterocycles. The van der Waals surface area contributed by atoms with Crippen molar-refractivity contribution in [2.75, 3.05) is 32.4 Å². The topological polar surface area (TPSA) is 75.4 Å². The van der Waals surface area contributed by atoms with Gasteiger partial charge in [-0.3, -0.25) is 0 Å². The largest absolute Gasteiger partial charge is 0.399 e. The summed E-state index contributed by atoms with van der Waals surface area (Å²) < 4.78 is 40.9. The molecule has 1 aromatic rings. The van der Waals surface area contributed by atoms with Gasteiger partial charge in [-0.1, -0.05) is 0 Å². The van der Waals surface area contributed by atoms with Crippen LogP contribution in [0.5, 0.6) is 0 Å². The third-order valence-corrected chi connectivity index (χ3v) is 5.56. The van der Waals surface area contributed by atoms with E-state index in [2.05, 4.69) is 16.7 Å². The number of rotatable bonds is 4. The van der Waals surface area contributed by atoms with Gasteiger partial charge in [0.05, 0.1) is 4.90 Å². The molecule has 1 heterocycles. The minimum absolute atomic E-state index is 0.0760. The first-order valence-electron chi connectivity index (χ1n) is 7.03. The molecule has 1 aliphatic rings. The average molecular weight is 315 g/mol. The summed E-state index contributed by atoms with van der Waals surface area (Å²) in [6.45, 7) is 3.77. The molecule has 21 heavy (non-hydrogen) atoms. The number of likely N-dealkylation sites (tertiary alicyclic amines) is 1. The average Bonchev–Trinajstić information content (AvgIpc) is 2.42. The summed E-state index contributed by atoms with van der Waals surface area (Å²) in [5, 5.41) is 0. The van der Waals surface area contributed by atoms with Gasteiger partial charge in [0.1, 0.15) is 5.82 Å². The molecule has 7 heteroatoms. The second kappa shape index (κ2) is 6.29. The van der Waals surface area contributed by atoms with Crippen LogP contribution >= 0.6 is 0 Å². The Kier molecular flexibility index (Phi) is 4.85. The molecule has 0 bridgehead atoms. The molecule has 0 aliphatic carbocycles. The Hall–Kier alpha value is -1.18. The van der Waals surface area contributed by atoms with E-state index in [0.717, 1.165) is 32.0 Å². The highest BCUT2D eigenvalue weighted by Gasteiger charge is 2.23. The zero-order chi connectivity index (χ0) is 15.6. The van der Waals surface area contributed by atoms with Crippen molar-refractivity contribution < 1.29 is 12.8 Å². The normalized spacial score (nSPS) is 18.0. The minimum Gasteiger partial charge on any atom is -0.399 e. The van der Waals surface area contributed by atoms with Crippen LogP contribution in [0.4, 0.5) is 10.1 Å². The van der Waals surface area contributed by atoms with E-state index in [1.54, 1.807) is 0 Å². The molecule has 1 fully saturated rings. The van der Waals surface area contributed by atoms with E-state index in [-0.39, 0.29) is 16.1 Å². The summed E-state index contributed by atoms with van der Waals surface area (Å²) in [5.74, 6) is -0.281. The molecular formula is C14H22FN3O2S. The standard InChI is InChI=1S/C14H22FN3O2S/c1-10-13(15)7-12(16)8-14(10)21(19,20)17-9-11-3-5-18(2)6-4-11/h7-8,11,17H,3-6,9,16H2,1-2H3. The van der Waals surface area contributed by atoms with Crippen LogP contribution in [0.1, 0.15) is 18.4 Å².